The van der Waals surface area contributed by atoms with Gasteiger partial charge in [0.05, 0.1) is 44.2 Å². The number of nitrogens with zero attached hydrogens (tertiary/aromatic N) is 1. The molecule has 2 aromatic carbocycles. The molecule has 0 saturated heterocycles. The zero-order valence-electron chi connectivity index (χ0n) is 27.8. The molecule has 0 radical (unpaired) electrons. The average Bonchev–Trinajstić information content (AvgIpc) is 3.72. The normalized spacial score (nSPS) is 24.5. The van der Waals surface area contributed by atoms with Gasteiger partial charge in [-0.3, -0.25) is 9.59 Å². The molecule has 5 rings (SSSR count). The minimum Gasteiger partial charge on any atom is -0.497 e. The summed E-state index contributed by atoms with van der Waals surface area (Å²) >= 11 is 2.08. The molecule has 2 aromatic rings. The lowest BCUT2D eigenvalue weighted by atomic mass is 9.84. The number of benzene rings is 2. The topological polar surface area (TPSA) is 147 Å². The molecule has 2 saturated carbocycles. The number of fused-ring (bicyclic) bond motifs is 2. The lowest BCUT2D eigenvalue weighted by Gasteiger charge is -2.41. The van der Waals surface area contributed by atoms with Crippen LogP contribution in [0.4, 0.5) is 0 Å². The van der Waals surface area contributed by atoms with E-state index in [0.29, 0.717) is 68.3 Å². The number of carbonyl (C=O) groups is 2. The third-order valence-electron chi connectivity index (χ3n) is 10.1. The summed E-state index contributed by atoms with van der Waals surface area (Å²) in [6.07, 6.45) is 4.92. The van der Waals surface area contributed by atoms with Gasteiger partial charge in [0, 0.05) is 31.5 Å². The molecular formula is C36H47IN2O9. The van der Waals surface area contributed by atoms with Gasteiger partial charge in [-0.1, -0.05) is 6.42 Å². The summed E-state index contributed by atoms with van der Waals surface area (Å²) in [5.74, 6) is 3.12. The van der Waals surface area contributed by atoms with Gasteiger partial charge in [0.15, 0.2) is 11.5 Å². The first-order chi connectivity index (χ1) is 23.2. The Morgan fingerprint density at radius 1 is 1.02 bits per heavy atom. The fourth-order valence-corrected chi connectivity index (χ4v) is 8.45. The number of hydrogen-bond donors (Lipinski definition) is 4. The maximum atomic E-state index is 14.4. The molecule has 12 heteroatoms. The quantitative estimate of drug-likeness (QED) is 0.199. The molecule has 11 nitrogen and oxygen atoms in total. The predicted octanol–water partition coefficient (Wildman–Crippen LogP) is 3.62. The standard InChI is InChI=1S/C36H47IN2O9/c1-45-27-6-7-30(46-2)24(16-27)8-10-39(33(42)19-25-13-21-4-5-23(25)12-21)29-17-26(36(44)38-9-11-40)18-31(34(29)43)48-35-28(37)14-22(20-41)15-32(35)47-3/h6-7,14-16,18,21,23,25,29,31,34,40-41,43H,4-5,8-13,17,19-20H2,1-3H3,(H,38,44)/t21?,23?,25?,29-,31+,34+/m1/s1. The Morgan fingerprint density at radius 3 is 2.46 bits per heavy atom. The second-order valence-electron chi connectivity index (χ2n) is 12.9. The average molecular weight is 779 g/mol. The maximum Gasteiger partial charge on any atom is 0.247 e. The van der Waals surface area contributed by atoms with Gasteiger partial charge in [-0.25, -0.2) is 0 Å². The number of methoxy groups -OCH3 is 3. The molecule has 2 bridgehead atoms. The van der Waals surface area contributed by atoms with Crippen LogP contribution in [0.5, 0.6) is 23.0 Å². The van der Waals surface area contributed by atoms with Crippen molar-refractivity contribution in [1.29, 1.82) is 0 Å². The highest BCUT2D eigenvalue weighted by atomic mass is 127. The summed E-state index contributed by atoms with van der Waals surface area (Å²) < 4.78 is 23.7. The first-order valence-corrected chi connectivity index (χ1v) is 17.7. The highest BCUT2D eigenvalue weighted by molar-refractivity contribution is 14.1. The Labute approximate surface area is 295 Å². The number of halogens is 1. The number of nitrogens with one attached hydrogen (secondary N) is 1. The van der Waals surface area contributed by atoms with Gasteiger partial charge in [-0.05, 0) is 114 Å². The van der Waals surface area contributed by atoms with Crippen LogP contribution < -0.4 is 24.3 Å². The lowest BCUT2D eigenvalue weighted by molar-refractivity contribution is -0.140. The van der Waals surface area contributed by atoms with Gasteiger partial charge < -0.3 is 44.5 Å². The van der Waals surface area contributed by atoms with Crippen molar-refractivity contribution >= 4 is 34.4 Å². The molecule has 4 N–H and O–H groups in total. The van der Waals surface area contributed by atoms with Crippen molar-refractivity contribution in [2.45, 2.75) is 69.8 Å². The van der Waals surface area contributed by atoms with Crippen molar-refractivity contribution in [3.8, 4) is 23.0 Å². The molecule has 3 aliphatic carbocycles. The monoisotopic (exact) mass is 778 g/mol. The SMILES string of the molecule is COc1ccc(OC)c(CCN(C(=O)CC2CC3CCC2C3)[C@@H]2CC(C(=O)NCCO)=C[C@H](Oc3c(I)cc(CO)cc3OC)[C@H]2O)c1. The molecule has 2 amide bonds. The second-order valence-corrected chi connectivity index (χ2v) is 14.1. The third kappa shape index (κ3) is 8.20. The highest BCUT2D eigenvalue weighted by Gasteiger charge is 2.44. The Morgan fingerprint density at radius 2 is 1.81 bits per heavy atom. The van der Waals surface area contributed by atoms with Crippen LogP contribution in [0, 0.1) is 21.3 Å². The van der Waals surface area contributed by atoms with Crippen molar-refractivity contribution in [3.05, 3.63) is 56.7 Å². The van der Waals surface area contributed by atoms with Crippen LogP contribution in [0.1, 0.15) is 49.7 Å². The molecule has 0 spiro atoms. The molecule has 0 aromatic heterocycles. The van der Waals surface area contributed by atoms with Gasteiger partial charge in [0.2, 0.25) is 11.8 Å². The molecule has 0 heterocycles. The highest BCUT2D eigenvalue weighted by Crippen LogP contribution is 2.50. The van der Waals surface area contributed by atoms with Crippen molar-refractivity contribution in [2.24, 2.45) is 17.8 Å². The molecule has 0 aliphatic heterocycles. The molecule has 6 atom stereocenters. The van der Waals surface area contributed by atoms with E-state index in [0.717, 1.165) is 18.4 Å². The summed E-state index contributed by atoms with van der Waals surface area (Å²) in [5, 5.41) is 33.8. The largest absolute Gasteiger partial charge is 0.497 e. The Balaban J connectivity index is 1.49. The van der Waals surface area contributed by atoms with E-state index in [2.05, 4.69) is 27.9 Å². The van der Waals surface area contributed by atoms with E-state index < -0.39 is 24.2 Å². The van der Waals surface area contributed by atoms with Crippen LogP contribution >= 0.6 is 22.6 Å². The number of amides is 2. The zero-order valence-corrected chi connectivity index (χ0v) is 30.0. The van der Waals surface area contributed by atoms with Crippen LogP contribution in [-0.4, -0.2) is 91.3 Å². The third-order valence-corrected chi connectivity index (χ3v) is 10.9. The Hall–Kier alpha value is -3.07. The van der Waals surface area contributed by atoms with E-state index in [1.54, 1.807) is 37.3 Å². The van der Waals surface area contributed by atoms with Crippen LogP contribution in [0.2, 0.25) is 0 Å². The first-order valence-electron chi connectivity index (χ1n) is 16.6. The number of hydrogen-bond acceptors (Lipinski definition) is 9. The Bertz CT molecular complexity index is 1480. The summed E-state index contributed by atoms with van der Waals surface area (Å²) in [6.45, 7) is -0.0806. The molecular weight excluding hydrogens is 731 g/mol. The minimum atomic E-state index is -1.19. The number of ether oxygens (including phenoxy) is 4. The van der Waals surface area contributed by atoms with E-state index in [4.69, 9.17) is 18.9 Å². The summed E-state index contributed by atoms with van der Waals surface area (Å²) in [4.78, 5) is 29.5. The van der Waals surface area contributed by atoms with Gasteiger partial charge >= 0.3 is 0 Å². The van der Waals surface area contributed by atoms with Crippen molar-refractivity contribution in [2.75, 3.05) is 41.0 Å². The van der Waals surface area contributed by atoms with Gasteiger partial charge in [0.1, 0.15) is 23.7 Å². The second kappa shape index (κ2) is 16.6. The van der Waals surface area contributed by atoms with E-state index in [1.807, 2.05) is 18.2 Å². The van der Waals surface area contributed by atoms with E-state index >= 15 is 0 Å². The van der Waals surface area contributed by atoms with Gasteiger partial charge in [0.25, 0.3) is 0 Å². The summed E-state index contributed by atoms with van der Waals surface area (Å²) in [6, 6.07) is 8.18. The number of aliphatic hydroxyl groups excluding tert-OH is 3. The number of carbonyl (C=O) groups excluding carboxylic acids is 2. The van der Waals surface area contributed by atoms with Crippen molar-refractivity contribution in [3.63, 3.8) is 0 Å². The van der Waals surface area contributed by atoms with Crippen molar-refractivity contribution in [1.82, 2.24) is 10.2 Å². The molecule has 48 heavy (non-hydrogen) atoms. The number of rotatable bonds is 15. The smallest absolute Gasteiger partial charge is 0.247 e. The van der Waals surface area contributed by atoms with E-state index in [1.165, 1.54) is 20.0 Å². The van der Waals surface area contributed by atoms with E-state index in [-0.39, 0.29) is 38.6 Å². The van der Waals surface area contributed by atoms with Gasteiger partial charge in [-0.2, -0.15) is 0 Å². The Kier molecular flexibility index (Phi) is 12.5. The first kappa shape index (κ1) is 36.2. The molecule has 3 aliphatic rings. The minimum absolute atomic E-state index is 0.0613. The fraction of sp³-hybridized carbons (Fsp3) is 0.556. The van der Waals surface area contributed by atoms with Crippen LogP contribution in [0.15, 0.2) is 42.0 Å². The number of aliphatic hydroxyl groups is 3. The van der Waals surface area contributed by atoms with Crippen molar-refractivity contribution < 1.29 is 43.9 Å². The fourth-order valence-electron chi connectivity index (χ4n) is 7.66. The molecule has 2 fully saturated rings. The van der Waals surface area contributed by atoms with E-state index in [9.17, 15) is 24.9 Å². The maximum absolute atomic E-state index is 14.4. The summed E-state index contributed by atoms with van der Waals surface area (Å²) in [7, 11) is 4.69. The molecule has 262 valence electrons. The van der Waals surface area contributed by atoms with Gasteiger partial charge in [-0.15, -0.1) is 0 Å². The van der Waals surface area contributed by atoms with Crippen LogP contribution in [-0.2, 0) is 22.6 Å². The lowest BCUT2D eigenvalue weighted by Crippen LogP contribution is -2.55. The zero-order chi connectivity index (χ0) is 34.4. The molecule has 3 unspecified atom stereocenters. The van der Waals surface area contributed by atoms with Crippen LogP contribution in [0.25, 0.3) is 0 Å². The predicted molar refractivity (Wildman–Crippen MR) is 187 cm³/mol. The van der Waals surface area contributed by atoms with Crippen LogP contribution in [0.3, 0.4) is 0 Å². The summed E-state index contributed by atoms with van der Waals surface area (Å²) in [5.41, 5.74) is 1.84.